The highest BCUT2D eigenvalue weighted by Gasteiger charge is 2.70. The Kier molecular flexibility index (Phi) is 8.54. The van der Waals surface area contributed by atoms with Crippen LogP contribution < -0.4 is 10.2 Å². The highest BCUT2D eigenvalue weighted by molar-refractivity contribution is 6.31. The number of ether oxygens (including phenoxy) is 1. The third kappa shape index (κ3) is 4.81. The smallest absolute Gasteiger partial charge is 0.338 e. The van der Waals surface area contributed by atoms with E-state index < -0.39 is 57.6 Å². The monoisotopic (exact) mass is 696 g/mol. The topological polar surface area (TPSA) is 122 Å². The minimum Gasteiger partial charge on any atom is -0.465 e. The van der Waals surface area contributed by atoms with E-state index in [1.54, 1.807) is 37.3 Å². The fraction of sp³-hybridized carbons (Fsp3) is 0.400. The standard InChI is InChI=1S/C34H31Cl2FN4O6.CH4/c1-16-13-25(30(41(45)46)17(2)26(16)32(43)47-3)39-12-11-24-27(31(39)42)28(20-5-4-6-22(36)29(20)37)34(40(24)15-18-7-8-18)21-10-9-19(35)14-23(21)38-33(34)44;/h4-6,9-10,13-14,18,24,27-28H,7-8,11-12,15H2,1-3H3,(H,38,44);1H4/t24-,27+,28-,34+;/m0./s1. The molecule has 0 unspecified atom stereocenters. The lowest BCUT2D eigenvalue weighted by atomic mass is 9.70. The first-order chi connectivity index (χ1) is 22.4. The first-order valence-corrected chi connectivity index (χ1v) is 16.2. The minimum absolute atomic E-state index is 0. The average Bonchev–Trinajstić information content (AvgIpc) is 3.74. The lowest BCUT2D eigenvalue weighted by Crippen LogP contribution is -2.54. The first kappa shape index (κ1) is 33.8. The van der Waals surface area contributed by atoms with Gasteiger partial charge in [-0.3, -0.25) is 24.6 Å². The van der Waals surface area contributed by atoms with Crippen molar-refractivity contribution < 1.29 is 28.4 Å². The Morgan fingerprint density at radius 1 is 1.15 bits per heavy atom. The summed E-state index contributed by atoms with van der Waals surface area (Å²) in [6, 6.07) is 10.6. The molecule has 4 aliphatic rings. The van der Waals surface area contributed by atoms with Crippen molar-refractivity contribution in [1.29, 1.82) is 0 Å². The molecule has 13 heteroatoms. The van der Waals surface area contributed by atoms with Crippen LogP contribution in [0.2, 0.25) is 10.0 Å². The maximum absolute atomic E-state index is 16.2. The van der Waals surface area contributed by atoms with Crippen molar-refractivity contribution in [3.63, 3.8) is 0 Å². The summed E-state index contributed by atoms with van der Waals surface area (Å²) in [4.78, 5) is 57.5. The zero-order valence-electron chi connectivity index (χ0n) is 25.8. The number of likely N-dealkylation sites (tertiary alicyclic amines) is 1. The van der Waals surface area contributed by atoms with Crippen LogP contribution >= 0.6 is 23.2 Å². The molecule has 1 N–H and O–H groups in total. The van der Waals surface area contributed by atoms with Gasteiger partial charge >= 0.3 is 5.97 Å². The second-order valence-corrected chi connectivity index (χ2v) is 13.7. The van der Waals surface area contributed by atoms with Gasteiger partial charge in [0.15, 0.2) is 0 Å². The second-order valence-electron chi connectivity index (χ2n) is 12.8. The number of carbonyl (C=O) groups is 3. The third-order valence-corrected chi connectivity index (χ3v) is 10.8. The number of rotatable bonds is 6. The number of aryl methyl sites for hydroxylation is 1. The SMILES string of the molecule is C.COC(=O)c1c(C)cc(N2CC[C@H]3[C@@H](C2=O)[C@H](c2cccc(Cl)c2F)[C@]2(C(=O)Nc4cc(Cl)ccc42)N3CC2CC2)c([N+](=O)[O-])c1C. The molecule has 10 nitrogen and oxygen atoms in total. The van der Waals surface area contributed by atoms with E-state index in [2.05, 4.69) is 10.2 Å². The number of methoxy groups -OCH3 is 1. The Morgan fingerprint density at radius 2 is 1.88 bits per heavy atom. The van der Waals surface area contributed by atoms with Crippen molar-refractivity contribution in [2.45, 2.75) is 58.0 Å². The molecule has 0 bridgehead atoms. The van der Waals surface area contributed by atoms with Gasteiger partial charge in [0.05, 0.1) is 28.5 Å². The number of nitrogens with one attached hydrogen (secondary N) is 1. The Balaban J connectivity index is 0.00000401. The molecular weight excluding hydrogens is 662 g/mol. The molecule has 2 amide bonds. The summed E-state index contributed by atoms with van der Waals surface area (Å²) in [7, 11) is 1.19. The number of hydrogen-bond donors (Lipinski definition) is 1. The quantitative estimate of drug-likeness (QED) is 0.165. The highest BCUT2D eigenvalue weighted by atomic mass is 35.5. The van der Waals surface area contributed by atoms with Gasteiger partial charge in [0.25, 0.3) is 5.69 Å². The fourth-order valence-electron chi connectivity index (χ4n) is 8.28. The van der Waals surface area contributed by atoms with Gasteiger partial charge in [-0.2, -0.15) is 0 Å². The lowest BCUT2D eigenvalue weighted by molar-refractivity contribution is -0.384. The van der Waals surface area contributed by atoms with E-state index in [0.29, 0.717) is 40.7 Å². The number of benzene rings is 3. The summed E-state index contributed by atoms with van der Waals surface area (Å²) in [5.74, 6) is -4.06. The molecule has 1 aliphatic carbocycles. The van der Waals surface area contributed by atoms with Crippen molar-refractivity contribution in [1.82, 2.24) is 4.90 Å². The molecular formula is C35H35Cl2FN4O6. The molecule has 4 atom stereocenters. The number of nitro benzene ring substituents is 1. The summed E-state index contributed by atoms with van der Waals surface area (Å²) in [5, 5.41) is 15.8. The van der Waals surface area contributed by atoms with Crippen LogP contribution in [-0.2, 0) is 19.9 Å². The highest BCUT2D eigenvalue weighted by Crippen LogP contribution is 2.62. The van der Waals surface area contributed by atoms with Gasteiger partial charge in [0, 0.05) is 46.9 Å². The molecule has 3 heterocycles. The van der Waals surface area contributed by atoms with Gasteiger partial charge in [0.2, 0.25) is 11.8 Å². The molecule has 3 aromatic rings. The van der Waals surface area contributed by atoms with Crippen LogP contribution in [0.15, 0.2) is 42.5 Å². The van der Waals surface area contributed by atoms with Crippen LogP contribution in [0.5, 0.6) is 0 Å². The van der Waals surface area contributed by atoms with E-state index in [-0.39, 0.29) is 41.4 Å². The van der Waals surface area contributed by atoms with E-state index in [1.807, 2.05) is 0 Å². The van der Waals surface area contributed by atoms with Crippen LogP contribution in [0.25, 0.3) is 0 Å². The molecule has 3 aromatic carbocycles. The fourth-order valence-corrected chi connectivity index (χ4v) is 8.63. The van der Waals surface area contributed by atoms with Gasteiger partial charge in [-0.05, 0) is 74.4 Å². The summed E-state index contributed by atoms with van der Waals surface area (Å²) < 4.78 is 21.1. The number of fused-ring (bicyclic) bond motifs is 3. The van der Waals surface area contributed by atoms with Crippen molar-refractivity contribution in [3.8, 4) is 0 Å². The molecule has 1 saturated carbocycles. The van der Waals surface area contributed by atoms with E-state index in [0.717, 1.165) is 12.8 Å². The largest absolute Gasteiger partial charge is 0.465 e. The number of piperidine rings is 1. The van der Waals surface area contributed by atoms with Crippen LogP contribution in [0.3, 0.4) is 0 Å². The number of nitrogens with zero attached hydrogens (tertiary/aromatic N) is 3. The lowest BCUT2D eigenvalue weighted by Gasteiger charge is -2.40. The summed E-state index contributed by atoms with van der Waals surface area (Å²) in [6.45, 7) is 3.69. The van der Waals surface area contributed by atoms with Crippen molar-refractivity contribution in [2.75, 3.05) is 30.4 Å². The Bertz CT molecular complexity index is 1900. The van der Waals surface area contributed by atoms with Crippen molar-refractivity contribution >= 4 is 58.0 Å². The predicted octanol–water partition coefficient (Wildman–Crippen LogP) is 7.16. The summed E-state index contributed by atoms with van der Waals surface area (Å²) >= 11 is 12.7. The molecule has 3 aliphatic heterocycles. The second kappa shape index (κ2) is 12.1. The maximum atomic E-state index is 16.2. The molecule has 48 heavy (non-hydrogen) atoms. The van der Waals surface area contributed by atoms with Gasteiger partial charge in [-0.25, -0.2) is 9.18 Å². The van der Waals surface area contributed by atoms with Gasteiger partial charge in [-0.15, -0.1) is 0 Å². The predicted molar refractivity (Wildman–Crippen MR) is 180 cm³/mol. The molecule has 0 aromatic heterocycles. The zero-order chi connectivity index (χ0) is 33.5. The first-order valence-electron chi connectivity index (χ1n) is 15.4. The van der Waals surface area contributed by atoms with Crippen LogP contribution in [0, 0.1) is 41.6 Å². The molecule has 3 fully saturated rings. The van der Waals surface area contributed by atoms with Crippen LogP contribution in [0.4, 0.5) is 21.5 Å². The summed E-state index contributed by atoms with van der Waals surface area (Å²) in [6.07, 6.45) is 2.28. The number of halogens is 3. The number of amides is 2. The summed E-state index contributed by atoms with van der Waals surface area (Å²) in [5.41, 5.74) is -0.130. The molecule has 0 radical (unpaired) electrons. The third-order valence-electron chi connectivity index (χ3n) is 10.3. The number of esters is 1. The van der Waals surface area contributed by atoms with E-state index in [4.69, 9.17) is 27.9 Å². The average molecular weight is 698 g/mol. The van der Waals surface area contributed by atoms with Crippen molar-refractivity contribution in [3.05, 3.63) is 96.3 Å². The van der Waals surface area contributed by atoms with Crippen LogP contribution in [-0.4, -0.2) is 53.8 Å². The van der Waals surface area contributed by atoms with E-state index in [9.17, 15) is 24.5 Å². The number of nitro groups is 1. The number of anilines is 2. The number of hydrogen-bond acceptors (Lipinski definition) is 7. The van der Waals surface area contributed by atoms with E-state index in [1.165, 1.54) is 31.1 Å². The normalized spacial score (nSPS) is 24.6. The zero-order valence-corrected chi connectivity index (χ0v) is 27.3. The van der Waals surface area contributed by atoms with Gasteiger partial charge < -0.3 is 15.0 Å². The molecule has 7 rings (SSSR count). The Morgan fingerprint density at radius 3 is 2.54 bits per heavy atom. The Labute approximate surface area is 287 Å². The van der Waals surface area contributed by atoms with Crippen LogP contribution in [0.1, 0.15) is 65.2 Å². The Hall–Kier alpha value is -4.06. The molecule has 1 spiro atoms. The van der Waals surface area contributed by atoms with E-state index >= 15 is 4.39 Å². The van der Waals surface area contributed by atoms with Gasteiger partial charge in [0.1, 0.15) is 17.0 Å². The minimum atomic E-state index is -1.48. The molecule has 252 valence electrons. The molecule has 2 saturated heterocycles. The van der Waals surface area contributed by atoms with Crippen molar-refractivity contribution in [2.24, 2.45) is 11.8 Å². The maximum Gasteiger partial charge on any atom is 0.338 e. The van der Waals surface area contributed by atoms with Gasteiger partial charge in [-0.1, -0.05) is 48.8 Å². The number of carbonyl (C=O) groups excluding carboxylic acids is 3.